The van der Waals surface area contributed by atoms with E-state index in [4.69, 9.17) is 4.74 Å². The number of anilines is 1. The lowest BCUT2D eigenvalue weighted by atomic mass is 9.66. The molecule has 1 fully saturated rings. The number of likely N-dealkylation sites (N-methyl/N-ethyl adjacent to an activating group) is 1. The van der Waals surface area contributed by atoms with E-state index in [2.05, 4.69) is 0 Å². The van der Waals surface area contributed by atoms with Gasteiger partial charge < -0.3 is 9.64 Å². The summed E-state index contributed by atoms with van der Waals surface area (Å²) in [6, 6.07) is 14.6. The van der Waals surface area contributed by atoms with E-state index in [-0.39, 0.29) is 18.2 Å². The molecule has 2 aromatic rings. The first kappa shape index (κ1) is 21.1. The van der Waals surface area contributed by atoms with Crippen LogP contribution in [0.4, 0.5) is 10.5 Å². The number of rotatable bonds is 1. The number of carbonyl (C=O) groups excluding carboxylic acids is 3. The normalized spacial score (nSPS) is 23.3. The van der Waals surface area contributed by atoms with Gasteiger partial charge in [-0.3, -0.25) is 9.59 Å². The van der Waals surface area contributed by atoms with E-state index in [1.54, 1.807) is 38.8 Å². The third kappa shape index (κ3) is 3.21. The fourth-order valence-electron chi connectivity index (χ4n) is 4.92. The number of benzene rings is 2. The number of imide groups is 1. The molecular weight excluding hydrogens is 392 g/mol. The molecule has 1 spiro atoms. The average Bonchev–Trinajstić information content (AvgIpc) is 2.94. The van der Waals surface area contributed by atoms with Gasteiger partial charge in [0.25, 0.3) is 0 Å². The Balaban J connectivity index is 1.93. The average molecular weight is 421 g/mol. The Hall–Kier alpha value is -3.15. The molecule has 2 heterocycles. The Morgan fingerprint density at radius 2 is 1.71 bits per heavy atom. The van der Waals surface area contributed by atoms with Crippen molar-refractivity contribution in [2.45, 2.75) is 57.6 Å². The van der Waals surface area contributed by atoms with Gasteiger partial charge >= 0.3 is 6.09 Å². The number of amides is 3. The maximum Gasteiger partial charge on any atom is 0.421 e. The summed E-state index contributed by atoms with van der Waals surface area (Å²) < 4.78 is 5.58. The van der Waals surface area contributed by atoms with E-state index in [0.29, 0.717) is 12.1 Å². The molecule has 0 bridgehead atoms. The van der Waals surface area contributed by atoms with Gasteiger partial charge in [0.15, 0.2) is 0 Å². The van der Waals surface area contributed by atoms with Gasteiger partial charge in [-0.2, -0.15) is 0 Å². The van der Waals surface area contributed by atoms with E-state index in [9.17, 15) is 14.4 Å². The SMILES string of the molecule is Cc1ccccc1C1N(C)C(=O)CCC12C(=O)N(C(=O)OC(C)(C)C)c1ccccc12. The number of aryl methyl sites for hydroxylation is 1. The van der Waals surface area contributed by atoms with Crippen molar-refractivity contribution in [2.24, 2.45) is 0 Å². The number of fused-ring (bicyclic) bond motifs is 2. The topological polar surface area (TPSA) is 66.9 Å². The fraction of sp³-hybridized carbons (Fsp3) is 0.400. The van der Waals surface area contributed by atoms with Gasteiger partial charge in [0, 0.05) is 13.5 Å². The number of hydrogen-bond donors (Lipinski definition) is 0. The maximum atomic E-state index is 14.1. The number of likely N-dealkylation sites (tertiary alicyclic amines) is 1. The van der Waals surface area contributed by atoms with Crippen LogP contribution in [0.1, 0.15) is 56.3 Å². The van der Waals surface area contributed by atoms with Crippen molar-refractivity contribution < 1.29 is 19.1 Å². The summed E-state index contributed by atoms with van der Waals surface area (Å²) in [7, 11) is 1.74. The van der Waals surface area contributed by atoms with Crippen LogP contribution < -0.4 is 4.90 Å². The first-order chi connectivity index (χ1) is 14.6. The summed E-state index contributed by atoms with van der Waals surface area (Å²) >= 11 is 0. The van der Waals surface area contributed by atoms with Gasteiger partial charge in [0.05, 0.1) is 11.7 Å². The molecule has 0 radical (unpaired) electrons. The predicted molar refractivity (Wildman–Crippen MR) is 118 cm³/mol. The summed E-state index contributed by atoms with van der Waals surface area (Å²) in [6.45, 7) is 7.30. The number of hydrogen-bond acceptors (Lipinski definition) is 4. The Kier molecular flexibility index (Phi) is 4.91. The van der Waals surface area contributed by atoms with E-state index in [1.807, 2.05) is 49.4 Å². The lowest BCUT2D eigenvalue weighted by Crippen LogP contribution is -2.56. The van der Waals surface area contributed by atoms with Crippen LogP contribution in [0.25, 0.3) is 0 Å². The highest BCUT2D eigenvalue weighted by Crippen LogP contribution is 2.56. The minimum Gasteiger partial charge on any atom is -0.443 e. The number of piperidine rings is 1. The number of carbonyl (C=O) groups is 3. The van der Waals surface area contributed by atoms with Gasteiger partial charge in [0.1, 0.15) is 11.0 Å². The summed E-state index contributed by atoms with van der Waals surface area (Å²) in [4.78, 5) is 42.8. The van der Waals surface area contributed by atoms with Gasteiger partial charge in [-0.15, -0.1) is 0 Å². The lowest BCUT2D eigenvalue weighted by Gasteiger charge is -2.46. The highest BCUT2D eigenvalue weighted by molar-refractivity contribution is 6.22. The molecule has 6 nitrogen and oxygen atoms in total. The second kappa shape index (κ2) is 7.22. The third-order valence-corrected chi connectivity index (χ3v) is 6.25. The number of ether oxygens (including phenoxy) is 1. The smallest absolute Gasteiger partial charge is 0.421 e. The highest BCUT2D eigenvalue weighted by atomic mass is 16.6. The summed E-state index contributed by atoms with van der Waals surface area (Å²) in [5.74, 6) is -0.351. The quantitative estimate of drug-likeness (QED) is 0.681. The van der Waals surface area contributed by atoms with Crippen LogP contribution in [0.15, 0.2) is 48.5 Å². The summed E-state index contributed by atoms with van der Waals surface area (Å²) in [6.07, 6.45) is -0.115. The zero-order valence-electron chi connectivity index (χ0n) is 18.6. The van der Waals surface area contributed by atoms with E-state index in [0.717, 1.165) is 21.6 Å². The molecule has 4 rings (SSSR count). The predicted octanol–water partition coefficient (Wildman–Crippen LogP) is 4.51. The largest absolute Gasteiger partial charge is 0.443 e. The number of nitrogens with zero attached hydrogens (tertiary/aromatic N) is 2. The first-order valence-corrected chi connectivity index (χ1v) is 10.6. The molecule has 162 valence electrons. The second-order valence-corrected chi connectivity index (χ2v) is 9.37. The Morgan fingerprint density at radius 3 is 2.39 bits per heavy atom. The molecule has 2 atom stereocenters. The molecule has 2 aliphatic heterocycles. The van der Waals surface area contributed by atoms with Crippen LogP contribution in [0.3, 0.4) is 0 Å². The molecule has 31 heavy (non-hydrogen) atoms. The van der Waals surface area contributed by atoms with Crippen LogP contribution in [0.5, 0.6) is 0 Å². The minimum atomic E-state index is -1.05. The maximum absolute atomic E-state index is 14.1. The van der Waals surface area contributed by atoms with Crippen molar-refractivity contribution in [3.8, 4) is 0 Å². The van der Waals surface area contributed by atoms with Crippen molar-refractivity contribution in [3.63, 3.8) is 0 Å². The third-order valence-electron chi connectivity index (χ3n) is 6.25. The van der Waals surface area contributed by atoms with Crippen molar-refractivity contribution in [1.82, 2.24) is 4.90 Å². The summed E-state index contributed by atoms with van der Waals surface area (Å²) in [5.41, 5.74) is 1.40. The van der Waals surface area contributed by atoms with Crippen LogP contribution in [-0.2, 0) is 19.7 Å². The second-order valence-electron chi connectivity index (χ2n) is 9.37. The van der Waals surface area contributed by atoms with Crippen molar-refractivity contribution >= 4 is 23.6 Å². The first-order valence-electron chi connectivity index (χ1n) is 10.6. The van der Waals surface area contributed by atoms with Crippen LogP contribution >= 0.6 is 0 Å². The standard InChI is InChI=1S/C25H28N2O4/c1-16-10-6-7-11-17(16)21-25(15-14-20(28)26(21)5)18-12-8-9-13-19(18)27(22(25)29)23(30)31-24(2,3)4/h6-13,21H,14-15H2,1-5H3. The molecule has 2 aliphatic rings. The zero-order valence-corrected chi connectivity index (χ0v) is 18.6. The zero-order chi connectivity index (χ0) is 22.6. The monoisotopic (exact) mass is 420 g/mol. The molecule has 0 N–H and O–H groups in total. The number of para-hydroxylation sites is 1. The molecular formula is C25H28N2O4. The molecule has 0 saturated carbocycles. The highest BCUT2D eigenvalue weighted by Gasteiger charge is 2.61. The van der Waals surface area contributed by atoms with Gasteiger partial charge in [0.2, 0.25) is 11.8 Å². The molecule has 1 saturated heterocycles. The van der Waals surface area contributed by atoms with E-state index >= 15 is 0 Å². The van der Waals surface area contributed by atoms with Crippen molar-refractivity contribution in [3.05, 3.63) is 65.2 Å². The van der Waals surface area contributed by atoms with Gasteiger partial charge in [-0.1, -0.05) is 42.5 Å². The van der Waals surface area contributed by atoms with E-state index < -0.39 is 23.2 Å². The van der Waals surface area contributed by atoms with Crippen LogP contribution in [0, 0.1) is 6.92 Å². The summed E-state index contributed by atoms with van der Waals surface area (Å²) in [5, 5.41) is 0. The Labute approximate surface area is 182 Å². The molecule has 2 aromatic carbocycles. The minimum absolute atomic E-state index is 0.0140. The molecule has 0 aromatic heterocycles. The van der Waals surface area contributed by atoms with Gasteiger partial charge in [-0.25, -0.2) is 9.69 Å². The molecule has 2 unspecified atom stereocenters. The lowest BCUT2D eigenvalue weighted by molar-refractivity contribution is -0.142. The Bertz CT molecular complexity index is 1070. The van der Waals surface area contributed by atoms with Crippen LogP contribution in [0.2, 0.25) is 0 Å². The van der Waals surface area contributed by atoms with Crippen molar-refractivity contribution in [2.75, 3.05) is 11.9 Å². The van der Waals surface area contributed by atoms with Crippen molar-refractivity contribution in [1.29, 1.82) is 0 Å². The molecule has 6 heteroatoms. The van der Waals surface area contributed by atoms with E-state index in [1.165, 1.54) is 0 Å². The fourth-order valence-corrected chi connectivity index (χ4v) is 4.92. The molecule has 0 aliphatic carbocycles. The molecule has 3 amide bonds. The van der Waals surface area contributed by atoms with Gasteiger partial charge in [-0.05, 0) is 56.9 Å². The Morgan fingerprint density at radius 1 is 1.06 bits per heavy atom. The van der Waals surface area contributed by atoms with Crippen LogP contribution in [-0.4, -0.2) is 35.5 Å².